The van der Waals surface area contributed by atoms with E-state index >= 15 is 0 Å². The summed E-state index contributed by atoms with van der Waals surface area (Å²) >= 11 is 2.90. The Hall–Kier alpha value is -3.93. The number of fused-ring (bicyclic) bond motifs is 1. The average molecular weight is 618 g/mol. The molecule has 2 heterocycles. The van der Waals surface area contributed by atoms with Crippen LogP contribution >= 0.6 is 15.9 Å². The number of benzene rings is 2. The summed E-state index contributed by atoms with van der Waals surface area (Å²) in [5.41, 5.74) is 0.234. The van der Waals surface area contributed by atoms with E-state index in [0.717, 1.165) is 6.07 Å². The van der Waals surface area contributed by atoms with Gasteiger partial charge in [-0.15, -0.1) is 6.58 Å². The molecule has 40 heavy (non-hydrogen) atoms. The van der Waals surface area contributed by atoms with Gasteiger partial charge in [-0.1, -0.05) is 22.0 Å². The predicted octanol–water partition coefficient (Wildman–Crippen LogP) is 4.95. The largest absolute Gasteiger partial charge is 0.417 e. The van der Waals surface area contributed by atoms with E-state index in [2.05, 4.69) is 38.1 Å². The first kappa shape index (κ1) is 29.1. The number of anilines is 1. The first-order chi connectivity index (χ1) is 18.8. The molecule has 0 saturated carbocycles. The van der Waals surface area contributed by atoms with Gasteiger partial charge in [-0.2, -0.15) is 13.2 Å². The molecule has 1 aliphatic rings. The number of alkyl halides is 3. The van der Waals surface area contributed by atoms with Crippen LogP contribution in [0.4, 0.5) is 19.1 Å². The highest BCUT2D eigenvalue weighted by Gasteiger charge is 2.36. The minimum absolute atomic E-state index is 0.0599. The van der Waals surface area contributed by atoms with Gasteiger partial charge >= 0.3 is 6.18 Å². The molecule has 2 aromatic carbocycles. The fraction of sp³-hybridized carbons (Fsp3) is 0.286. The van der Waals surface area contributed by atoms with Crippen LogP contribution in [0.15, 0.2) is 64.4 Å². The van der Waals surface area contributed by atoms with Crippen LogP contribution in [0.1, 0.15) is 51.4 Å². The van der Waals surface area contributed by atoms with Crippen LogP contribution in [0.25, 0.3) is 5.69 Å². The molecule has 0 bridgehead atoms. The minimum atomic E-state index is -4.64. The molecule has 210 valence electrons. The second-order valence-electron chi connectivity index (χ2n) is 9.47. The maximum Gasteiger partial charge on any atom is 0.417 e. The standard InChI is InChI=1S/C28H27BrF3N5O3/c1-5-15(2)34-27-35-23-14-36(25(39)18-8-11-22(29)21(13-18)28(30,31)32)16(3)12-20(23)26(40)37(27)19-9-6-17(7-10-19)24(38)33-4/h5-11,13,15-16H,1,12,14H2,2-4H3,(H,33,38)(H,34,35). The van der Waals surface area contributed by atoms with E-state index in [4.69, 9.17) is 0 Å². The van der Waals surface area contributed by atoms with Crippen molar-refractivity contribution in [3.63, 3.8) is 0 Å². The molecular weight excluding hydrogens is 591 g/mol. The molecule has 2 unspecified atom stereocenters. The number of hydrogen-bond donors (Lipinski definition) is 2. The van der Waals surface area contributed by atoms with E-state index in [0.29, 0.717) is 22.5 Å². The normalized spacial score (nSPS) is 15.7. The van der Waals surface area contributed by atoms with Crippen molar-refractivity contribution in [2.75, 3.05) is 12.4 Å². The summed E-state index contributed by atoms with van der Waals surface area (Å²) in [5, 5.41) is 5.68. The number of amides is 2. The SMILES string of the molecule is C=CC(C)Nc1nc2c(c(=O)n1-c1ccc(C(=O)NC)cc1)CC(C)N(C(=O)c1ccc(Br)c(C(F)(F)F)c1)C2. The predicted molar refractivity (Wildman–Crippen MR) is 149 cm³/mol. The summed E-state index contributed by atoms with van der Waals surface area (Å²) < 4.78 is 41.6. The Labute approximate surface area is 237 Å². The molecule has 0 saturated heterocycles. The topological polar surface area (TPSA) is 96.3 Å². The lowest BCUT2D eigenvalue weighted by atomic mass is 9.98. The van der Waals surface area contributed by atoms with Crippen LogP contribution < -0.4 is 16.2 Å². The first-order valence-electron chi connectivity index (χ1n) is 12.4. The van der Waals surface area contributed by atoms with Crippen molar-refractivity contribution in [3.05, 3.63) is 97.9 Å². The Balaban J connectivity index is 1.76. The summed E-state index contributed by atoms with van der Waals surface area (Å²) in [6.07, 6.45) is -2.85. The number of carbonyl (C=O) groups is 2. The molecule has 1 aromatic heterocycles. The third-order valence-electron chi connectivity index (χ3n) is 6.72. The maximum absolute atomic E-state index is 13.8. The third-order valence-corrected chi connectivity index (χ3v) is 7.41. The summed E-state index contributed by atoms with van der Waals surface area (Å²) in [4.78, 5) is 45.3. The Morgan fingerprint density at radius 1 is 1.18 bits per heavy atom. The molecule has 2 amide bonds. The Morgan fingerprint density at radius 3 is 2.42 bits per heavy atom. The highest BCUT2D eigenvalue weighted by atomic mass is 79.9. The number of carbonyl (C=O) groups excluding carboxylic acids is 2. The summed E-state index contributed by atoms with van der Waals surface area (Å²) in [7, 11) is 1.52. The first-order valence-corrected chi connectivity index (χ1v) is 13.2. The zero-order valence-corrected chi connectivity index (χ0v) is 23.6. The molecule has 4 rings (SSSR count). The maximum atomic E-state index is 13.8. The molecule has 0 fully saturated rings. The molecule has 0 radical (unpaired) electrons. The Bertz CT molecular complexity index is 1540. The number of rotatable bonds is 6. The van der Waals surface area contributed by atoms with Gasteiger partial charge in [0.2, 0.25) is 5.95 Å². The van der Waals surface area contributed by atoms with Gasteiger partial charge in [0.15, 0.2) is 0 Å². The van der Waals surface area contributed by atoms with Crippen molar-refractivity contribution in [3.8, 4) is 5.69 Å². The lowest BCUT2D eigenvalue weighted by Crippen LogP contribution is -2.46. The van der Waals surface area contributed by atoms with E-state index in [9.17, 15) is 27.6 Å². The lowest BCUT2D eigenvalue weighted by molar-refractivity contribution is -0.138. The highest BCUT2D eigenvalue weighted by molar-refractivity contribution is 9.10. The molecule has 0 spiro atoms. The van der Waals surface area contributed by atoms with Crippen LogP contribution in [0, 0.1) is 0 Å². The van der Waals surface area contributed by atoms with Crippen LogP contribution in [-0.4, -0.2) is 45.4 Å². The van der Waals surface area contributed by atoms with E-state index in [1.807, 2.05) is 6.92 Å². The number of hydrogen-bond acceptors (Lipinski definition) is 5. The van der Waals surface area contributed by atoms with Crippen molar-refractivity contribution in [2.45, 2.75) is 45.1 Å². The van der Waals surface area contributed by atoms with E-state index < -0.39 is 23.7 Å². The zero-order chi connectivity index (χ0) is 29.4. The molecule has 2 N–H and O–H groups in total. The number of aromatic nitrogens is 2. The van der Waals surface area contributed by atoms with Gasteiger partial charge in [0.25, 0.3) is 17.4 Å². The van der Waals surface area contributed by atoms with Gasteiger partial charge in [0.1, 0.15) is 0 Å². The fourth-order valence-corrected chi connectivity index (χ4v) is 4.95. The summed E-state index contributed by atoms with van der Waals surface area (Å²) in [5.74, 6) is -0.664. The van der Waals surface area contributed by atoms with Crippen molar-refractivity contribution < 1.29 is 22.8 Å². The third kappa shape index (κ3) is 5.67. The lowest BCUT2D eigenvalue weighted by Gasteiger charge is -2.35. The van der Waals surface area contributed by atoms with E-state index in [-0.39, 0.29) is 46.5 Å². The van der Waals surface area contributed by atoms with Crippen molar-refractivity contribution in [1.82, 2.24) is 19.8 Å². The summed E-state index contributed by atoms with van der Waals surface area (Å²) in [6.45, 7) is 7.26. The van der Waals surface area contributed by atoms with Crippen molar-refractivity contribution >= 4 is 33.7 Å². The van der Waals surface area contributed by atoms with Crippen LogP contribution in [0.5, 0.6) is 0 Å². The van der Waals surface area contributed by atoms with Gasteiger partial charge in [-0.05, 0) is 62.7 Å². The molecule has 2 atom stereocenters. The fourth-order valence-electron chi connectivity index (χ4n) is 4.48. The van der Waals surface area contributed by atoms with Crippen LogP contribution in [0.2, 0.25) is 0 Å². The Morgan fingerprint density at radius 2 is 1.82 bits per heavy atom. The molecule has 8 nitrogen and oxygen atoms in total. The minimum Gasteiger partial charge on any atom is -0.355 e. The molecular formula is C28H27BrF3N5O3. The number of nitrogens with one attached hydrogen (secondary N) is 2. The second-order valence-corrected chi connectivity index (χ2v) is 10.3. The van der Waals surface area contributed by atoms with E-state index in [1.54, 1.807) is 37.3 Å². The number of nitrogens with zero attached hydrogens (tertiary/aromatic N) is 3. The van der Waals surface area contributed by atoms with Gasteiger partial charge in [-0.25, -0.2) is 9.55 Å². The van der Waals surface area contributed by atoms with Gasteiger partial charge in [0.05, 0.1) is 23.5 Å². The van der Waals surface area contributed by atoms with E-state index in [1.165, 1.54) is 28.6 Å². The van der Waals surface area contributed by atoms with Gasteiger partial charge in [0, 0.05) is 40.3 Å². The van der Waals surface area contributed by atoms with Gasteiger partial charge in [-0.3, -0.25) is 14.4 Å². The highest BCUT2D eigenvalue weighted by Crippen LogP contribution is 2.36. The monoisotopic (exact) mass is 617 g/mol. The van der Waals surface area contributed by atoms with Crippen LogP contribution in [-0.2, 0) is 19.1 Å². The molecule has 0 aliphatic carbocycles. The smallest absolute Gasteiger partial charge is 0.355 e. The van der Waals surface area contributed by atoms with Crippen molar-refractivity contribution in [1.29, 1.82) is 0 Å². The quantitative estimate of drug-likeness (QED) is 0.382. The molecule has 12 heteroatoms. The van der Waals surface area contributed by atoms with Crippen LogP contribution in [0.3, 0.4) is 0 Å². The molecule has 3 aromatic rings. The zero-order valence-electron chi connectivity index (χ0n) is 22.0. The van der Waals surface area contributed by atoms with Crippen molar-refractivity contribution in [2.24, 2.45) is 0 Å². The molecule has 1 aliphatic heterocycles. The number of halogens is 4. The second kappa shape index (κ2) is 11.3. The Kier molecular flexibility index (Phi) is 8.20. The van der Waals surface area contributed by atoms with Gasteiger partial charge < -0.3 is 15.5 Å². The average Bonchev–Trinajstić information content (AvgIpc) is 2.92. The summed E-state index contributed by atoms with van der Waals surface area (Å²) in [6, 6.07) is 9.05.